The summed E-state index contributed by atoms with van der Waals surface area (Å²) >= 11 is 5.87. The van der Waals surface area contributed by atoms with Crippen LogP contribution in [0.3, 0.4) is 0 Å². The molecule has 1 fully saturated rings. The molecule has 0 radical (unpaired) electrons. The largest absolute Gasteiger partial charge is 0.314 e. The van der Waals surface area contributed by atoms with Crippen LogP contribution in [-0.4, -0.2) is 37.8 Å². The van der Waals surface area contributed by atoms with Crippen molar-refractivity contribution in [3.63, 3.8) is 0 Å². The van der Waals surface area contributed by atoms with Crippen LogP contribution in [0.4, 0.5) is 8.78 Å². The topological polar surface area (TPSA) is 15.3 Å². The maximum absolute atomic E-state index is 13.4. The molecule has 1 aliphatic heterocycles. The fourth-order valence-electron chi connectivity index (χ4n) is 2.42. The molecule has 2 nitrogen and oxygen atoms in total. The summed E-state index contributed by atoms with van der Waals surface area (Å²) < 4.78 is 26.1. The van der Waals surface area contributed by atoms with Gasteiger partial charge < -0.3 is 5.32 Å². The lowest BCUT2D eigenvalue weighted by molar-refractivity contribution is 0.157. The van der Waals surface area contributed by atoms with E-state index in [9.17, 15) is 8.78 Å². The standard InChI is InChI=1S/C13H17ClF2N2.ClH/c14-11-7-10(8-12(16)9-11)13(1-2-15)18-5-3-17-4-6-18;/h7-9,13,17H,1-6H2;1H/t13-;/m1./s1. The van der Waals surface area contributed by atoms with E-state index in [1.54, 1.807) is 6.07 Å². The number of piperazine rings is 1. The number of benzene rings is 1. The minimum atomic E-state index is -0.414. The van der Waals surface area contributed by atoms with Gasteiger partial charge in [-0.2, -0.15) is 0 Å². The SMILES string of the molecule is Cl.FCC[C@H](c1cc(F)cc(Cl)c1)N1CCNCC1. The first kappa shape index (κ1) is 16.6. The number of alkyl halides is 1. The third-order valence-corrected chi connectivity index (χ3v) is 3.46. The van der Waals surface area contributed by atoms with Crippen LogP contribution in [0.25, 0.3) is 0 Å². The van der Waals surface area contributed by atoms with Gasteiger partial charge in [-0.05, 0) is 30.2 Å². The van der Waals surface area contributed by atoms with Crippen molar-refractivity contribution >= 4 is 24.0 Å². The van der Waals surface area contributed by atoms with Crippen LogP contribution in [0.15, 0.2) is 18.2 Å². The lowest BCUT2D eigenvalue weighted by atomic mass is 10.0. The van der Waals surface area contributed by atoms with E-state index in [4.69, 9.17) is 11.6 Å². The van der Waals surface area contributed by atoms with Gasteiger partial charge in [0, 0.05) is 37.2 Å². The Labute approximate surface area is 123 Å². The Morgan fingerprint density at radius 2 is 1.95 bits per heavy atom. The highest BCUT2D eigenvalue weighted by atomic mass is 35.5. The van der Waals surface area contributed by atoms with Gasteiger partial charge in [-0.15, -0.1) is 12.4 Å². The molecular weight excluding hydrogens is 293 g/mol. The molecule has 6 heteroatoms. The number of rotatable bonds is 4. The minimum Gasteiger partial charge on any atom is -0.314 e. The van der Waals surface area contributed by atoms with Gasteiger partial charge in [0.15, 0.2) is 0 Å². The summed E-state index contributed by atoms with van der Waals surface area (Å²) in [5.41, 5.74) is 0.763. The summed E-state index contributed by atoms with van der Waals surface area (Å²) in [5.74, 6) is -0.364. The van der Waals surface area contributed by atoms with Crippen LogP contribution in [0.5, 0.6) is 0 Å². The molecule has 1 atom stereocenters. The summed E-state index contributed by atoms with van der Waals surface area (Å²) in [6.45, 7) is 3.04. The Morgan fingerprint density at radius 3 is 2.53 bits per heavy atom. The van der Waals surface area contributed by atoms with E-state index in [1.165, 1.54) is 12.1 Å². The third kappa shape index (κ3) is 4.56. The van der Waals surface area contributed by atoms with Crippen molar-refractivity contribution in [2.75, 3.05) is 32.9 Å². The van der Waals surface area contributed by atoms with E-state index >= 15 is 0 Å². The molecule has 0 amide bonds. The first-order chi connectivity index (χ1) is 8.70. The van der Waals surface area contributed by atoms with Crippen LogP contribution >= 0.6 is 24.0 Å². The van der Waals surface area contributed by atoms with Crippen LogP contribution in [-0.2, 0) is 0 Å². The van der Waals surface area contributed by atoms with Gasteiger partial charge in [-0.3, -0.25) is 9.29 Å². The first-order valence-electron chi connectivity index (χ1n) is 6.17. The molecule has 0 aromatic heterocycles. The zero-order valence-electron chi connectivity index (χ0n) is 10.5. The molecule has 0 aliphatic carbocycles. The van der Waals surface area contributed by atoms with Crippen molar-refractivity contribution in [1.82, 2.24) is 10.2 Å². The van der Waals surface area contributed by atoms with E-state index in [2.05, 4.69) is 10.2 Å². The Kier molecular flexibility index (Phi) is 7.00. The van der Waals surface area contributed by atoms with E-state index in [0.717, 1.165) is 31.7 Å². The van der Waals surface area contributed by atoms with Gasteiger partial charge in [0.25, 0.3) is 0 Å². The van der Waals surface area contributed by atoms with Crippen molar-refractivity contribution in [1.29, 1.82) is 0 Å². The van der Waals surface area contributed by atoms with Gasteiger partial charge in [-0.25, -0.2) is 4.39 Å². The number of hydrogen-bond donors (Lipinski definition) is 1. The molecule has 2 rings (SSSR count). The molecule has 1 heterocycles. The normalized spacial score (nSPS) is 17.8. The molecule has 0 unspecified atom stereocenters. The summed E-state index contributed by atoms with van der Waals surface area (Å²) in [6.07, 6.45) is 0.375. The Hall–Kier alpha value is -0.420. The second-order valence-electron chi connectivity index (χ2n) is 4.48. The Balaban J connectivity index is 0.00000180. The average Bonchev–Trinajstić information content (AvgIpc) is 2.36. The molecule has 0 spiro atoms. The predicted molar refractivity (Wildman–Crippen MR) is 76.4 cm³/mol. The van der Waals surface area contributed by atoms with Crippen molar-refractivity contribution in [3.8, 4) is 0 Å². The minimum absolute atomic E-state index is 0. The Bertz CT molecular complexity index is 378. The molecule has 1 aromatic rings. The molecule has 1 saturated heterocycles. The van der Waals surface area contributed by atoms with Gasteiger partial charge in [0.1, 0.15) is 5.82 Å². The Morgan fingerprint density at radius 1 is 1.26 bits per heavy atom. The summed E-state index contributed by atoms with van der Waals surface area (Å²) in [7, 11) is 0. The summed E-state index contributed by atoms with van der Waals surface area (Å²) in [6, 6.07) is 4.36. The van der Waals surface area contributed by atoms with Gasteiger partial charge >= 0.3 is 0 Å². The van der Waals surface area contributed by atoms with Crippen LogP contribution in [0.1, 0.15) is 18.0 Å². The van der Waals surface area contributed by atoms with Crippen molar-refractivity contribution in [2.45, 2.75) is 12.5 Å². The number of hydrogen-bond acceptors (Lipinski definition) is 2. The molecule has 0 saturated carbocycles. The zero-order valence-corrected chi connectivity index (χ0v) is 12.1. The van der Waals surface area contributed by atoms with E-state index in [-0.39, 0.29) is 24.3 Å². The summed E-state index contributed by atoms with van der Waals surface area (Å²) in [5, 5.41) is 3.62. The second kappa shape index (κ2) is 8.00. The lowest BCUT2D eigenvalue weighted by Gasteiger charge is -2.35. The highest BCUT2D eigenvalue weighted by molar-refractivity contribution is 6.30. The fraction of sp³-hybridized carbons (Fsp3) is 0.538. The second-order valence-corrected chi connectivity index (χ2v) is 4.92. The molecule has 1 N–H and O–H groups in total. The molecule has 108 valence electrons. The quantitative estimate of drug-likeness (QED) is 0.918. The van der Waals surface area contributed by atoms with E-state index < -0.39 is 6.67 Å². The van der Waals surface area contributed by atoms with Crippen LogP contribution in [0, 0.1) is 5.82 Å². The third-order valence-electron chi connectivity index (χ3n) is 3.24. The maximum atomic E-state index is 13.4. The van der Waals surface area contributed by atoms with Crippen molar-refractivity contribution in [3.05, 3.63) is 34.6 Å². The molecule has 1 aromatic carbocycles. The molecule has 0 bridgehead atoms. The first-order valence-corrected chi connectivity index (χ1v) is 6.55. The zero-order chi connectivity index (χ0) is 13.0. The predicted octanol–water partition coefficient (Wildman–Crippen LogP) is 3.21. The van der Waals surface area contributed by atoms with Crippen LogP contribution in [0.2, 0.25) is 5.02 Å². The number of nitrogens with one attached hydrogen (secondary N) is 1. The fourth-order valence-corrected chi connectivity index (χ4v) is 2.65. The van der Waals surface area contributed by atoms with E-state index in [0.29, 0.717) is 11.4 Å². The van der Waals surface area contributed by atoms with Crippen molar-refractivity contribution < 1.29 is 8.78 Å². The molecular formula is C13H18Cl2F2N2. The molecule has 19 heavy (non-hydrogen) atoms. The van der Waals surface area contributed by atoms with Gasteiger partial charge in [0.2, 0.25) is 0 Å². The van der Waals surface area contributed by atoms with Crippen LogP contribution < -0.4 is 5.32 Å². The monoisotopic (exact) mass is 310 g/mol. The number of nitrogens with zero attached hydrogens (tertiary/aromatic N) is 1. The lowest BCUT2D eigenvalue weighted by Crippen LogP contribution is -2.45. The van der Waals surface area contributed by atoms with Gasteiger partial charge in [-0.1, -0.05) is 11.6 Å². The highest BCUT2D eigenvalue weighted by Crippen LogP contribution is 2.27. The average molecular weight is 311 g/mol. The van der Waals surface area contributed by atoms with Gasteiger partial charge in [0.05, 0.1) is 6.67 Å². The van der Waals surface area contributed by atoms with Crippen molar-refractivity contribution in [2.24, 2.45) is 0 Å². The van der Waals surface area contributed by atoms with E-state index in [1.807, 2.05) is 0 Å². The smallest absolute Gasteiger partial charge is 0.125 e. The maximum Gasteiger partial charge on any atom is 0.125 e. The molecule has 1 aliphatic rings. The summed E-state index contributed by atoms with van der Waals surface area (Å²) in [4.78, 5) is 2.18. The highest BCUT2D eigenvalue weighted by Gasteiger charge is 2.22. The number of halogens is 4.